The smallest absolute Gasteiger partial charge is 0.228 e. The summed E-state index contributed by atoms with van der Waals surface area (Å²) >= 11 is 5.71. The normalized spacial score (nSPS) is 10.9. The van der Waals surface area contributed by atoms with Crippen molar-refractivity contribution < 1.29 is 23.3 Å². The van der Waals surface area contributed by atoms with E-state index >= 15 is 0 Å². The number of carbonyl (C=O) groups excluding carboxylic acids is 2. The Hall–Kier alpha value is -3.58. The zero-order chi connectivity index (χ0) is 22.0. The number of ketones is 1. The number of hydrogen-bond acceptors (Lipinski definition) is 6. The molecule has 0 fully saturated rings. The van der Waals surface area contributed by atoms with Gasteiger partial charge in [-0.3, -0.25) is 9.59 Å². The zero-order valence-corrected chi connectivity index (χ0v) is 17.7. The molecule has 0 saturated carbocycles. The molecular weight excluding hydrogens is 420 g/mol. The summed E-state index contributed by atoms with van der Waals surface area (Å²) in [5, 5.41) is 7.46. The van der Waals surface area contributed by atoms with Gasteiger partial charge < -0.3 is 19.0 Å². The van der Waals surface area contributed by atoms with E-state index in [-0.39, 0.29) is 29.0 Å². The molecule has 4 rings (SSSR count). The van der Waals surface area contributed by atoms with Crippen LogP contribution in [0.25, 0.3) is 11.0 Å². The summed E-state index contributed by atoms with van der Waals surface area (Å²) in [7, 11) is 1.55. The maximum Gasteiger partial charge on any atom is 0.228 e. The fourth-order valence-corrected chi connectivity index (χ4v) is 3.44. The van der Waals surface area contributed by atoms with Gasteiger partial charge in [-0.05, 0) is 31.2 Å². The van der Waals surface area contributed by atoms with Crippen molar-refractivity contribution in [2.45, 2.75) is 19.8 Å². The Balaban J connectivity index is 1.51. The first-order valence-electron chi connectivity index (χ1n) is 9.57. The fourth-order valence-electron chi connectivity index (χ4n) is 3.28. The maximum atomic E-state index is 12.9. The number of rotatable bonds is 7. The van der Waals surface area contributed by atoms with Crippen LogP contribution >= 0.6 is 11.6 Å². The number of methoxy groups -OCH3 is 1. The van der Waals surface area contributed by atoms with Crippen molar-refractivity contribution in [2.24, 2.45) is 0 Å². The second-order valence-corrected chi connectivity index (χ2v) is 7.38. The standard InChI is InChI=1S/C23H19ClN2O5/c1-13-18-8-6-15(25-21(27)9-7-17-12-20(24)26-31-17)11-19(18)30-23(13)22(28)14-4-3-5-16(10-14)29-2/h3-6,8,10-12H,7,9H2,1-2H3,(H,25,27). The summed E-state index contributed by atoms with van der Waals surface area (Å²) in [5.41, 5.74) is 2.30. The van der Waals surface area contributed by atoms with Gasteiger partial charge in [0.2, 0.25) is 11.7 Å². The van der Waals surface area contributed by atoms with E-state index in [1.807, 2.05) is 13.0 Å². The van der Waals surface area contributed by atoms with E-state index in [2.05, 4.69) is 10.5 Å². The van der Waals surface area contributed by atoms with E-state index in [1.165, 1.54) is 0 Å². The molecule has 0 atom stereocenters. The van der Waals surface area contributed by atoms with Crippen molar-refractivity contribution in [1.82, 2.24) is 5.16 Å². The second-order valence-electron chi connectivity index (χ2n) is 6.99. The Kier molecular flexibility index (Phi) is 5.77. The molecule has 1 N–H and O–H groups in total. The van der Waals surface area contributed by atoms with Gasteiger partial charge in [0, 0.05) is 47.2 Å². The second kappa shape index (κ2) is 8.65. The minimum Gasteiger partial charge on any atom is -0.497 e. The molecule has 8 heteroatoms. The molecule has 0 spiro atoms. The lowest BCUT2D eigenvalue weighted by molar-refractivity contribution is -0.116. The quantitative estimate of drug-likeness (QED) is 0.399. The van der Waals surface area contributed by atoms with Gasteiger partial charge in [-0.15, -0.1) is 0 Å². The van der Waals surface area contributed by atoms with Crippen LogP contribution in [0.3, 0.4) is 0 Å². The molecular formula is C23H19ClN2O5. The number of halogens is 1. The van der Waals surface area contributed by atoms with Gasteiger partial charge in [0.05, 0.1) is 7.11 Å². The minimum absolute atomic E-state index is 0.192. The third kappa shape index (κ3) is 4.46. The van der Waals surface area contributed by atoms with Crippen LogP contribution in [0, 0.1) is 6.92 Å². The molecule has 0 aliphatic carbocycles. The molecule has 0 aliphatic heterocycles. The molecule has 0 aliphatic rings. The Bertz CT molecular complexity index is 1270. The largest absolute Gasteiger partial charge is 0.497 e. The first-order chi connectivity index (χ1) is 14.9. The van der Waals surface area contributed by atoms with Crippen LogP contribution < -0.4 is 10.1 Å². The summed E-state index contributed by atoms with van der Waals surface area (Å²) < 4.78 is 16.1. The highest BCUT2D eigenvalue weighted by Crippen LogP contribution is 2.30. The van der Waals surface area contributed by atoms with E-state index in [0.29, 0.717) is 34.8 Å². The van der Waals surface area contributed by atoms with Gasteiger partial charge in [0.15, 0.2) is 10.9 Å². The van der Waals surface area contributed by atoms with Gasteiger partial charge in [0.25, 0.3) is 0 Å². The molecule has 31 heavy (non-hydrogen) atoms. The first-order valence-corrected chi connectivity index (χ1v) is 9.95. The summed E-state index contributed by atoms with van der Waals surface area (Å²) in [6.07, 6.45) is 0.590. The van der Waals surface area contributed by atoms with Crippen molar-refractivity contribution in [3.63, 3.8) is 0 Å². The van der Waals surface area contributed by atoms with Crippen LogP contribution in [-0.2, 0) is 11.2 Å². The highest BCUT2D eigenvalue weighted by atomic mass is 35.5. The number of aryl methyl sites for hydroxylation is 2. The highest BCUT2D eigenvalue weighted by molar-refractivity contribution is 6.29. The summed E-state index contributed by atoms with van der Waals surface area (Å²) in [6, 6.07) is 13.8. The lowest BCUT2D eigenvalue weighted by Crippen LogP contribution is -2.12. The summed E-state index contributed by atoms with van der Waals surface area (Å²) in [4.78, 5) is 25.2. The summed E-state index contributed by atoms with van der Waals surface area (Å²) in [6.45, 7) is 1.83. The molecule has 4 aromatic rings. The van der Waals surface area contributed by atoms with Crippen molar-refractivity contribution in [3.8, 4) is 5.75 Å². The van der Waals surface area contributed by atoms with Crippen LogP contribution in [0.15, 0.2) is 57.5 Å². The van der Waals surface area contributed by atoms with E-state index in [0.717, 1.165) is 10.9 Å². The van der Waals surface area contributed by atoms with Crippen LogP contribution in [-0.4, -0.2) is 24.0 Å². The number of furan rings is 1. The molecule has 1 amide bonds. The topological polar surface area (TPSA) is 94.6 Å². The van der Waals surface area contributed by atoms with Crippen LogP contribution in [0.2, 0.25) is 5.15 Å². The number of anilines is 1. The number of nitrogens with zero attached hydrogens (tertiary/aromatic N) is 1. The van der Waals surface area contributed by atoms with Gasteiger partial charge in [0.1, 0.15) is 17.1 Å². The molecule has 2 heterocycles. The number of carbonyl (C=O) groups is 2. The Morgan fingerprint density at radius 1 is 1.16 bits per heavy atom. The minimum atomic E-state index is -0.232. The van der Waals surface area contributed by atoms with Gasteiger partial charge >= 0.3 is 0 Å². The third-order valence-electron chi connectivity index (χ3n) is 4.89. The lowest BCUT2D eigenvalue weighted by Gasteiger charge is -2.04. The number of nitrogens with one attached hydrogen (secondary N) is 1. The molecule has 0 radical (unpaired) electrons. The average Bonchev–Trinajstić information content (AvgIpc) is 3.34. The fraction of sp³-hybridized carbons (Fsp3) is 0.174. The number of ether oxygens (including phenoxy) is 1. The average molecular weight is 439 g/mol. The summed E-state index contributed by atoms with van der Waals surface area (Å²) in [5.74, 6) is 0.968. The van der Waals surface area contributed by atoms with Crippen LogP contribution in [0.1, 0.15) is 33.9 Å². The van der Waals surface area contributed by atoms with E-state index < -0.39 is 0 Å². The van der Waals surface area contributed by atoms with E-state index in [1.54, 1.807) is 49.6 Å². The highest BCUT2D eigenvalue weighted by Gasteiger charge is 2.20. The van der Waals surface area contributed by atoms with E-state index in [9.17, 15) is 9.59 Å². The SMILES string of the molecule is COc1cccc(C(=O)c2oc3cc(NC(=O)CCc4cc(Cl)no4)ccc3c2C)c1. The molecule has 0 unspecified atom stereocenters. The van der Waals surface area contributed by atoms with Gasteiger partial charge in [-0.1, -0.05) is 28.9 Å². The predicted molar refractivity (Wildman–Crippen MR) is 116 cm³/mol. The monoisotopic (exact) mass is 438 g/mol. The van der Waals surface area contributed by atoms with Crippen molar-refractivity contribution in [3.05, 3.63) is 76.3 Å². The molecule has 0 bridgehead atoms. The molecule has 0 saturated heterocycles. The van der Waals surface area contributed by atoms with Crippen LogP contribution in [0.4, 0.5) is 5.69 Å². The molecule has 158 valence electrons. The first kappa shape index (κ1) is 20.7. The van der Waals surface area contributed by atoms with Gasteiger partial charge in [-0.25, -0.2) is 0 Å². The number of fused-ring (bicyclic) bond motifs is 1. The van der Waals surface area contributed by atoms with Crippen molar-refractivity contribution >= 4 is 39.9 Å². The Labute approximate surface area is 182 Å². The van der Waals surface area contributed by atoms with E-state index in [4.69, 9.17) is 25.3 Å². The Morgan fingerprint density at radius 2 is 2.00 bits per heavy atom. The number of benzene rings is 2. The van der Waals surface area contributed by atoms with Gasteiger partial charge in [-0.2, -0.15) is 0 Å². The molecule has 7 nitrogen and oxygen atoms in total. The molecule has 2 aromatic heterocycles. The number of aromatic nitrogens is 1. The third-order valence-corrected chi connectivity index (χ3v) is 5.07. The van der Waals surface area contributed by atoms with Crippen molar-refractivity contribution in [2.75, 3.05) is 12.4 Å². The number of hydrogen-bond donors (Lipinski definition) is 1. The number of amides is 1. The predicted octanol–water partition coefficient (Wildman–Crippen LogP) is 5.19. The molecule has 2 aromatic carbocycles. The van der Waals surface area contributed by atoms with Crippen LogP contribution in [0.5, 0.6) is 5.75 Å². The zero-order valence-electron chi connectivity index (χ0n) is 16.9. The van der Waals surface area contributed by atoms with Crippen molar-refractivity contribution in [1.29, 1.82) is 0 Å². The maximum absolute atomic E-state index is 12.9. The Morgan fingerprint density at radius 3 is 2.74 bits per heavy atom. The lowest BCUT2D eigenvalue weighted by atomic mass is 10.0.